The van der Waals surface area contributed by atoms with Crippen molar-refractivity contribution in [1.82, 2.24) is 24.8 Å². The molecule has 3 heterocycles. The summed E-state index contributed by atoms with van der Waals surface area (Å²) in [5, 5.41) is 12.8. The van der Waals surface area contributed by atoms with Crippen LogP contribution in [0.4, 0.5) is 0 Å². The highest BCUT2D eigenvalue weighted by molar-refractivity contribution is 5.89. The maximum absolute atomic E-state index is 4.17. The van der Waals surface area contributed by atoms with Gasteiger partial charge in [-0.25, -0.2) is 0 Å². The molecule has 0 fully saturated rings. The van der Waals surface area contributed by atoms with Gasteiger partial charge in [-0.05, 0) is 12.1 Å². The molecule has 0 aliphatic heterocycles. The maximum Gasteiger partial charge on any atom is 0.186 e. The molecule has 3 aromatic rings. The molecule has 0 saturated carbocycles. The molecule has 0 unspecified atom stereocenters. The molecule has 62 valence electrons. The summed E-state index contributed by atoms with van der Waals surface area (Å²) in [4.78, 5) is 4.17. The Bertz CT molecular complexity index is 571. The molecule has 0 spiro atoms. The number of hydrogen-bond donors (Lipinski definition) is 0. The lowest BCUT2D eigenvalue weighted by Gasteiger charge is -1.95. The summed E-state index contributed by atoms with van der Waals surface area (Å²) >= 11 is 0. The Labute approximate surface area is 73.0 Å². The van der Waals surface area contributed by atoms with E-state index in [1.165, 1.54) is 0 Å². The van der Waals surface area contributed by atoms with E-state index in [4.69, 9.17) is 0 Å². The van der Waals surface area contributed by atoms with Crippen LogP contribution in [0.25, 0.3) is 16.6 Å². The van der Waals surface area contributed by atoms with Crippen LogP contribution in [0.1, 0.15) is 0 Å². The topological polar surface area (TPSA) is 56.0 Å². The lowest BCUT2D eigenvalue weighted by Crippen LogP contribution is -1.91. The molecule has 0 aromatic carbocycles. The second-order valence-electron chi connectivity index (χ2n) is 2.68. The number of hydrogen-bond acceptors (Lipinski definition) is 4. The van der Waals surface area contributed by atoms with E-state index < -0.39 is 0 Å². The highest BCUT2D eigenvalue weighted by Gasteiger charge is 2.02. The maximum atomic E-state index is 4.17. The number of rotatable bonds is 0. The molecule has 0 bridgehead atoms. The molecule has 0 radical (unpaired) electrons. The van der Waals surface area contributed by atoms with Crippen LogP contribution < -0.4 is 0 Å². The molecular weight excluding hydrogens is 166 g/mol. The molecule has 3 aromatic heterocycles. The Hall–Kier alpha value is -2.04. The van der Waals surface area contributed by atoms with Crippen molar-refractivity contribution in [2.24, 2.45) is 0 Å². The van der Waals surface area contributed by atoms with Gasteiger partial charge in [-0.3, -0.25) is 4.98 Å². The predicted octanol–water partition coefficient (Wildman–Crippen LogP) is 0.672. The Morgan fingerprint density at radius 1 is 1.31 bits per heavy atom. The Kier molecular flexibility index (Phi) is 1.11. The van der Waals surface area contributed by atoms with Crippen LogP contribution in [0.3, 0.4) is 0 Å². The van der Waals surface area contributed by atoms with Crippen LogP contribution in [-0.4, -0.2) is 24.8 Å². The van der Waals surface area contributed by atoms with Gasteiger partial charge in [0.15, 0.2) is 5.65 Å². The second-order valence-corrected chi connectivity index (χ2v) is 2.68. The summed E-state index contributed by atoms with van der Waals surface area (Å²) < 4.78 is 1.63. The van der Waals surface area contributed by atoms with E-state index in [9.17, 15) is 0 Å². The molecule has 0 amide bonds. The third-order valence-electron chi connectivity index (χ3n) is 1.91. The van der Waals surface area contributed by atoms with Crippen LogP contribution in [0.2, 0.25) is 0 Å². The lowest BCUT2D eigenvalue weighted by molar-refractivity contribution is 0.933. The summed E-state index contributed by atoms with van der Waals surface area (Å²) in [6.07, 6.45) is 5.00. The monoisotopic (exact) mass is 171 g/mol. The Balaban J connectivity index is 2.65. The van der Waals surface area contributed by atoms with Gasteiger partial charge >= 0.3 is 0 Å². The number of fused-ring (bicyclic) bond motifs is 3. The number of pyridine rings is 1. The van der Waals surface area contributed by atoms with Crippen LogP contribution in [0.5, 0.6) is 0 Å². The number of nitrogens with zero attached hydrogens (tertiary/aromatic N) is 5. The quantitative estimate of drug-likeness (QED) is 0.499. The van der Waals surface area contributed by atoms with Crippen molar-refractivity contribution in [1.29, 1.82) is 0 Å². The van der Waals surface area contributed by atoms with Crippen molar-refractivity contribution >= 4 is 16.6 Å². The van der Waals surface area contributed by atoms with Crippen molar-refractivity contribution in [3.8, 4) is 0 Å². The first-order valence-electron chi connectivity index (χ1n) is 3.85. The third-order valence-corrected chi connectivity index (χ3v) is 1.91. The van der Waals surface area contributed by atoms with Crippen LogP contribution in [0, 0.1) is 0 Å². The number of aromatic nitrogens is 5. The summed E-state index contributed by atoms with van der Waals surface area (Å²) in [5.74, 6) is 0. The van der Waals surface area contributed by atoms with E-state index in [1.807, 2.05) is 12.1 Å². The fourth-order valence-corrected chi connectivity index (χ4v) is 1.32. The largest absolute Gasteiger partial charge is 0.254 e. The van der Waals surface area contributed by atoms with Gasteiger partial charge in [0.25, 0.3) is 0 Å². The van der Waals surface area contributed by atoms with E-state index in [0.717, 1.165) is 16.6 Å². The molecule has 0 aliphatic rings. The molecule has 0 saturated heterocycles. The van der Waals surface area contributed by atoms with Crippen molar-refractivity contribution in [2.75, 3.05) is 0 Å². The zero-order chi connectivity index (χ0) is 8.67. The fourth-order valence-electron chi connectivity index (χ4n) is 1.32. The minimum Gasteiger partial charge on any atom is -0.254 e. The smallest absolute Gasteiger partial charge is 0.186 e. The van der Waals surface area contributed by atoms with Crippen molar-refractivity contribution < 1.29 is 0 Å². The van der Waals surface area contributed by atoms with Gasteiger partial charge in [-0.1, -0.05) is 0 Å². The van der Waals surface area contributed by atoms with Gasteiger partial charge in [-0.2, -0.15) is 9.61 Å². The first kappa shape index (κ1) is 6.47. The SMILES string of the molecule is c1cnc2cnn3cnnc3c2c1. The molecule has 5 heteroatoms. The van der Waals surface area contributed by atoms with E-state index in [-0.39, 0.29) is 0 Å². The lowest BCUT2D eigenvalue weighted by atomic mass is 10.3. The highest BCUT2D eigenvalue weighted by atomic mass is 15.3. The molecule has 0 atom stereocenters. The van der Waals surface area contributed by atoms with Gasteiger partial charge in [-0.15, -0.1) is 10.2 Å². The summed E-state index contributed by atoms with van der Waals surface area (Å²) in [7, 11) is 0. The summed E-state index contributed by atoms with van der Waals surface area (Å²) in [5.41, 5.74) is 1.58. The van der Waals surface area contributed by atoms with Crippen molar-refractivity contribution in [3.63, 3.8) is 0 Å². The standard InChI is InChI=1S/C8H5N5/c1-2-6-7(9-3-1)4-11-13-5-10-12-8(6)13/h1-5H. The van der Waals surface area contributed by atoms with E-state index in [1.54, 1.807) is 23.2 Å². The average Bonchev–Trinajstić information content (AvgIpc) is 2.65. The van der Waals surface area contributed by atoms with Gasteiger partial charge < -0.3 is 0 Å². The molecule has 5 nitrogen and oxygen atoms in total. The molecule has 0 N–H and O–H groups in total. The van der Waals surface area contributed by atoms with Crippen molar-refractivity contribution in [2.45, 2.75) is 0 Å². The fraction of sp³-hybridized carbons (Fsp3) is 0. The zero-order valence-corrected chi connectivity index (χ0v) is 6.62. The van der Waals surface area contributed by atoms with Gasteiger partial charge in [0.05, 0.1) is 11.7 Å². The van der Waals surface area contributed by atoms with E-state index in [0.29, 0.717) is 0 Å². The summed E-state index contributed by atoms with van der Waals surface area (Å²) in [6, 6.07) is 3.82. The second kappa shape index (κ2) is 2.22. The van der Waals surface area contributed by atoms with Gasteiger partial charge in [0.2, 0.25) is 0 Å². The van der Waals surface area contributed by atoms with Crippen LogP contribution in [0.15, 0.2) is 30.9 Å². The third kappa shape index (κ3) is 0.807. The zero-order valence-electron chi connectivity index (χ0n) is 6.62. The first-order valence-corrected chi connectivity index (χ1v) is 3.85. The predicted molar refractivity (Wildman–Crippen MR) is 46.1 cm³/mol. The Morgan fingerprint density at radius 3 is 3.31 bits per heavy atom. The first-order chi connectivity index (χ1) is 6.45. The van der Waals surface area contributed by atoms with Crippen molar-refractivity contribution in [3.05, 3.63) is 30.9 Å². The Morgan fingerprint density at radius 2 is 2.31 bits per heavy atom. The highest BCUT2D eigenvalue weighted by Crippen LogP contribution is 2.12. The molecule has 3 rings (SSSR count). The normalized spacial score (nSPS) is 11.1. The van der Waals surface area contributed by atoms with Gasteiger partial charge in [0, 0.05) is 11.6 Å². The van der Waals surface area contributed by atoms with Crippen LogP contribution in [-0.2, 0) is 0 Å². The van der Waals surface area contributed by atoms with Gasteiger partial charge in [0.1, 0.15) is 6.33 Å². The average molecular weight is 171 g/mol. The minimum absolute atomic E-state index is 0.741. The molecule has 0 aliphatic carbocycles. The van der Waals surface area contributed by atoms with E-state index >= 15 is 0 Å². The molecular formula is C8H5N5. The van der Waals surface area contributed by atoms with E-state index in [2.05, 4.69) is 20.3 Å². The summed E-state index contributed by atoms with van der Waals surface area (Å²) in [6.45, 7) is 0. The minimum atomic E-state index is 0.741. The molecule has 13 heavy (non-hydrogen) atoms. The van der Waals surface area contributed by atoms with Crippen LogP contribution >= 0.6 is 0 Å².